The average molecular weight is 237 g/mol. The number of hydrogen-bond donors (Lipinski definition) is 1. The number of aliphatic hydroxyl groups excluding tert-OH is 1. The molecule has 0 aliphatic carbocycles. The molecule has 1 N–H and O–H groups in total. The molecular weight excluding hydrogens is 214 g/mol. The van der Waals surface area contributed by atoms with Gasteiger partial charge in [-0.2, -0.15) is 0 Å². The third kappa shape index (κ3) is 4.02. The average Bonchev–Trinajstić information content (AvgIpc) is 2.29. The summed E-state index contributed by atoms with van der Waals surface area (Å²) in [7, 11) is 1.72. The van der Waals surface area contributed by atoms with Crippen molar-refractivity contribution in [2.45, 2.75) is 32.9 Å². The van der Waals surface area contributed by atoms with Gasteiger partial charge in [0.25, 0.3) is 0 Å². The van der Waals surface area contributed by atoms with E-state index in [1.807, 2.05) is 12.1 Å². The molecule has 0 saturated carbocycles. The predicted molar refractivity (Wildman–Crippen MR) is 71.4 cm³/mol. The van der Waals surface area contributed by atoms with Gasteiger partial charge in [-0.05, 0) is 38.5 Å². The van der Waals surface area contributed by atoms with E-state index in [1.165, 1.54) is 5.69 Å². The second-order valence-electron chi connectivity index (χ2n) is 4.55. The number of benzene rings is 1. The monoisotopic (exact) mass is 237 g/mol. The van der Waals surface area contributed by atoms with Crippen LogP contribution in [0.3, 0.4) is 0 Å². The Hall–Kier alpha value is -1.06. The largest absolute Gasteiger partial charge is 0.389 e. The molecule has 0 spiro atoms. The number of nitrogens with zero attached hydrogens (tertiary/aromatic N) is 1. The van der Waals surface area contributed by atoms with Crippen LogP contribution in [0.15, 0.2) is 24.3 Å². The van der Waals surface area contributed by atoms with Crippen molar-refractivity contribution in [2.75, 3.05) is 25.2 Å². The fraction of sp³-hybridized carbons (Fsp3) is 0.571. The van der Waals surface area contributed by atoms with E-state index in [2.05, 4.69) is 30.9 Å². The normalized spacial score (nSPS) is 12.8. The summed E-state index contributed by atoms with van der Waals surface area (Å²) in [6.07, 6.45) is -0.407. The van der Waals surface area contributed by atoms with Gasteiger partial charge in [0.15, 0.2) is 0 Å². The number of rotatable bonds is 6. The molecule has 0 fully saturated rings. The first-order valence-electron chi connectivity index (χ1n) is 6.10. The molecule has 0 heterocycles. The summed E-state index contributed by atoms with van der Waals surface area (Å²) in [5, 5.41) is 9.47. The number of anilines is 1. The van der Waals surface area contributed by atoms with Crippen LogP contribution >= 0.6 is 0 Å². The first kappa shape index (κ1) is 14.0. The molecule has 96 valence electrons. The molecule has 0 unspecified atom stereocenters. The smallest absolute Gasteiger partial charge is 0.0761 e. The molecule has 1 aromatic rings. The van der Waals surface area contributed by atoms with E-state index in [0.29, 0.717) is 6.04 Å². The van der Waals surface area contributed by atoms with Crippen LogP contribution in [-0.4, -0.2) is 31.4 Å². The molecule has 1 rings (SSSR count). The maximum absolute atomic E-state index is 9.47. The molecule has 0 saturated heterocycles. The van der Waals surface area contributed by atoms with Gasteiger partial charge in [0.1, 0.15) is 0 Å². The van der Waals surface area contributed by atoms with Gasteiger partial charge in [-0.15, -0.1) is 0 Å². The van der Waals surface area contributed by atoms with E-state index < -0.39 is 6.10 Å². The Morgan fingerprint density at radius 3 is 2.18 bits per heavy atom. The van der Waals surface area contributed by atoms with E-state index in [9.17, 15) is 5.11 Å². The topological polar surface area (TPSA) is 32.7 Å². The zero-order valence-electron chi connectivity index (χ0n) is 11.2. The fourth-order valence-corrected chi connectivity index (χ4v) is 1.82. The summed E-state index contributed by atoms with van der Waals surface area (Å²) >= 11 is 0. The summed E-state index contributed by atoms with van der Waals surface area (Å²) < 4.78 is 5.12. The van der Waals surface area contributed by atoms with Crippen LogP contribution in [0.25, 0.3) is 0 Å². The molecule has 3 nitrogen and oxygen atoms in total. The van der Waals surface area contributed by atoms with Crippen LogP contribution in [-0.2, 0) is 4.74 Å². The third-order valence-electron chi connectivity index (χ3n) is 2.87. The van der Waals surface area contributed by atoms with Crippen molar-refractivity contribution in [3.05, 3.63) is 29.8 Å². The summed E-state index contributed by atoms with van der Waals surface area (Å²) in [5.74, 6) is 0. The summed E-state index contributed by atoms with van der Waals surface area (Å²) in [6.45, 7) is 7.70. The van der Waals surface area contributed by atoms with E-state index in [0.717, 1.165) is 18.7 Å². The summed E-state index contributed by atoms with van der Waals surface area (Å²) in [6, 6.07) is 8.49. The lowest BCUT2D eigenvalue weighted by molar-refractivity contribution is 0.199. The second-order valence-corrected chi connectivity index (χ2v) is 4.55. The molecule has 0 radical (unpaired) electrons. The molecule has 0 aromatic heterocycles. The van der Waals surface area contributed by atoms with Gasteiger partial charge in [0, 0.05) is 25.4 Å². The predicted octanol–water partition coefficient (Wildman–Crippen LogP) is 2.60. The van der Waals surface area contributed by atoms with Crippen molar-refractivity contribution in [3.8, 4) is 0 Å². The maximum Gasteiger partial charge on any atom is 0.0761 e. The zero-order chi connectivity index (χ0) is 12.8. The van der Waals surface area contributed by atoms with E-state index in [-0.39, 0.29) is 0 Å². The molecule has 0 aliphatic rings. The Morgan fingerprint density at radius 1 is 1.18 bits per heavy atom. The van der Waals surface area contributed by atoms with Crippen molar-refractivity contribution in [3.63, 3.8) is 0 Å². The van der Waals surface area contributed by atoms with Crippen LogP contribution in [0.2, 0.25) is 0 Å². The van der Waals surface area contributed by atoms with E-state index in [4.69, 9.17) is 4.74 Å². The third-order valence-corrected chi connectivity index (χ3v) is 2.87. The highest BCUT2D eigenvalue weighted by atomic mass is 16.5. The van der Waals surface area contributed by atoms with Crippen molar-refractivity contribution < 1.29 is 9.84 Å². The number of aliphatic hydroxyl groups is 1. The van der Waals surface area contributed by atoms with Crippen molar-refractivity contribution in [2.24, 2.45) is 0 Å². The highest BCUT2D eigenvalue weighted by Gasteiger charge is 2.10. The van der Waals surface area contributed by atoms with E-state index in [1.54, 1.807) is 14.0 Å². The quantitative estimate of drug-likeness (QED) is 0.825. The molecule has 1 atom stereocenters. The second kappa shape index (κ2) is 6.62. The highest BCUT2D eigenvalue weighted by molar-refractivity contribution is 5.48. The number of methoxy groups -OCH3 is 1. The Labute approximate surface area is 104 Å². The van der Waals surface area contributed by atoms with Crippen LogP contribution in [0.5, 0.6) is 0 Å². The van der Waals surface area contributed by atoms with Gasteiger partial charge >= 0.3 is 0 Å². The van der Waals surface area contributed by atoms with Gasteiger partial charge in [-0.3, -0.25) is 0 Å². The Balaban J connectivity index is 2.80. The minimum Gasteiger partial charge on any atom is -0.389 e. The van der Waals surface area contributed by atoms with Gasteiger partial charge < -0.3 is 14.7 Å². The SMILES string of the molecule is COCCN(c1ccc([C@@H](C)O)cc1)C(C)C. The lowest BCUT2D eigenvalue weighted by atomic mass is 10.1. The Morgan fingerprint density at radius 2 is 1.76 bits per heavy atom. The van der Waals surface area contributed by atoms with Gasteiger partial charge in [0.2, 0.25) is 0 Å². The molecule has 3 heteroatoms. The summed E-state index contributed by atoms with van der Waals surface area (Å²) in [5.41, 5.74) is 2.12. The molecule has 0 bridgehead atoms. The maximum atomic E-state index is 9.47. The van der Waals surface area contributed by atoms with Gasteiger partial charge in [-0.25, -0.2) is 0 Å². The fourth-order valence-electron chi connectivity index (χ4n) is 1.82. The summed E-state index contributed by atoms with van der Waals surface area (Å²) in [4.78, 5) is 2.29. The van der Waals surface area contributed by atoms with Crippen LogP contribution < -0.4 is 4.90 Å². The number of hydrogen-bond acceptors (Lipinski definition) is 3. The van der Waals surface area contributed by atoms with Crippen LogP contribution in [0, 0.1) is 0 Å². The lowest BCUT2D eigenvalue weighted by Crippen LogP contribution is -2.33. The van der Waals surface area contributed by atoms with Crippen LogP contribution in [0.4, 0.5) is 5.69 Å². The molecule has 0 amide bonds. The first-order chi connectivity index (χ1) is 8.06. The van der Waals surface area contributed by atoms with Crippen molar-refractivity contribution >= 4 is 5.69 Å². The van der Waals surface area contributed by atoms with E-state index >= 15 is 0 Å². The van der Waals surface area contributed by atoms with Gasteiger partial charge in [0.05, 0.1) is 12.7 Å². The van der Waals surface area contributed by atoms with Gasteiger partial charge in [-0.1, -0.05) is 12.1 Å². The lowest BCUT2D eigenvalue weighted by Gasteiger charge is -2.29. The van der Waals surface area contributed by atoms with Crippen LogP contribution in [0.1, 0.15) is 32.4 Å². The molecule has 17 heavy (non-hydrogen) atoms. The minimum absolute atomic E-state index is 0.407. The van der Waals surface area contributed by atoms with Crippen molar-refractivity contribution in [1.82, 2.24) is 0 Å². The zero-order valence-corrected chi connectivity index (χ0v) is 11.2. The van der Waals surface area contributed by atoms with Crippen molar-refractivity contribution in [1.29, 1.82) is 0 Å². The molecule has 0 aliphatic heterocycles. The minimum atomic E-state index is -0.407. The number of ether oxygens (including phenoxy) is 1. The molecular formula is C14H23NO2. The Bertz CT molecular complexity index is 319. The first-order valence-corrected chi connectivity index (χ1v) is 6.10. The highest BCUT2D eigenvalue weighted by Crippen LogP contribution is 2.20. The molecule has 1 aromatic carbocycles. The Kier molecular flexibility index (Phi) is 5.45. The standard InChI is InChI=1S/C14H23NO2/c1-11(2)15(9-10-17-4)14-7-5-13(6-8-14)12(3)16/h5-8,11-12,16H,9-10H2,1-4H3/t12-/m1/s1.